The van der Waals surface area contributed by atoms with Crippen molar-refractivity contribution in [3.8, 4) is 0 Å². The van der Waals surface area contributed by atoms with Crippen molar-refractivity contribution in [2.24, 2.45) is 5.92 Å². The Morgan fingerprint density at radius 1 is 1.24 bits per heavy atom. The largest absolute Gasteiger partial charge is 0.481 e. The maximum Gasteiger partial charge on any atom is 0.314 e. The van der Waals surface area contributed by atoms with Gasteiger partial charge in [-0.25, -0.2) is 0 Å². The molecule has 0 aromatic heterocycles. The van der Waals surface area contributed by atoms with E-state index in [9.17, 15) is 9.90 Å². The molecule has 0 bridgehead atoms. The Bertz CT molecular complexity index is 397. The first kappa shape index (κ1) is 12.2. The number of carboxylic acids is 1. The van der Waals surface area contributed by atoms with E-state index in [1.54, 1.807) is 0 Å². The lowest BCUT2D eigenvalue weighted by Crippen LogP contribution is -2.39. The van der Waals surface area contributed by atoms with Gasteiger partial charge in [0.25, 0.3) is 0 Å². The summed E-state index contributed by atoms with van der Waals surface area (Å²) in [5.74, 6) is 0.00109. The smallest absolute Gasteiger partial charge is 0.314 e. The van der Waals surface area contributed by atoms with E-state index < -0.39 is 11.4 Å². The lowest BCUT2D eigenvalue weighted by molar-refractivity contribution is -0.145. The van der Waals surface area contributed by atoms with Crippen molar-refractivity contribution in [3.63, 3.8) is 0 Å². The SMILES string of the molecule is Cc1ccc(C2(C(=O)O)CCC(C)CC2)cc1. The van der Waals surface area contributed by atoms with Gasteiger partial charge in [-0.05, 0) is 44.1 Å². The highest BCUT2D eigenvalue weighted by atomic mass is 16.4. The molecule has 92 valence electrons. The first-order chi connectivity index (χ1) is 8.04. The zero-order chi connectivity index (χ0) is 12.5. The van der Waals surface area contributed by atoms with Gasteiger partial charge in [0.05, 0.1) is 5.41 Å². The molecule has 1 aromatic rings. The normalized spacial score (nSPS) is 28.9. The molecule has 0 unspecified atom stereocenters. The first-order valence-corrected chi connectivity index (χ1v) is 6.35. The van der Waals surface area contributed by atoms with E-state index in [1.165, 1.54) is 5.56 Å². The van der Waals surface area contributed by atoms with Crippen molar-refractivity contribution in [3.05, 3.63) is 35.4 Å². The van der Waals surface area contributed by atoms with Gasteiger partial charge in [-0.15, -0.1) is 0 Å². The van der Waals surface area contributed by atoms with Gasteiger partial charge < -0.3 is 5.11 Å². The average Bonchev–Trinajstić information content (AvgIpc) is 2.31. The van der Waals surface area contributed by atoms with Crippen molar-refractivity contribution in [2.75, 3.05) is 0 Å². The van der Waals surface area contributed by atoms with E-state index >= 15 is 0 Å². The Morgan fingerprint density at radius 3 is 2.24 bits per heavy atom. The number of hydrogen-bond acceptors (Lipinski definition) is 1. The molecule has 0 amide bonds. The Balaban J connectivity index is 2.35. The lowest BCUT2D eigenvalue weighted by atomic mass is 9.67. The minimum absolute atomic E-state index is 0.639. The molecule has 1 saturated carbocycles. The summed E-state index contributed by atoms with van der Waals surface area (Å²) in [5.41, 5.74) is 1.51. The molecule has 1 N–H and O–H groups in total. The second-order valence-corrected chi connectivity index (χ2v) is 5.44. The number of carboxylic acid groups (broad SMARTS) is 1. The van der Waals surface area contributed by atoms with Crippen LogP contribution in [0.15, 0.2) is 24.3 Å². The molecule has 1 aromatic carbocycles. The lowest BCUT2D eigenvalue weighted by Gasteiger charge is -2.36. The molecule has 1 aliphatic carbocycles. The highest BCUT2D eigenvalue weighted by Crippen LogP contribution is 2.41. The van der Waals surface area contributed by atoms with Gasteiger partial charge in [0.1, 0.15) is 0 Å². The summed E-state index contributed by atoms with van der Waals surface area (Å²) in [7, 11) is 0. The third-order valence-electron chi connectivity index (χ3n) is 4.14. The first-order valence-electron chi connectivity index (χ1n) is 6.35. The van der Waals surface area contributed by atoms with Gasteiger partial charge in [-0.1, -0.05) is 36.8 Å². The fourth-order valence-corrected chi connectivity index (χ4v) is 2.75. The second-order valence-electron chi connectivity index (χ2n) is 5.44. The van der Waals surface area contributed by atoms with E-state index in [-0.39, 0.29) is 0 Å². The topological polar surface area (TPSA) is 37.3 Å². The maximum absolute atomic E-state index is 11.7. The number of carbonyl (C=O) groups is 1. The van der Waals surface area contributed by atoms with Gasteiger partial charge in [-0.3, -0.25) is 4.79 Å². The van der Waals surface area contributed by atoms with E-state index in [2.05, 4.69) is 6.92 Å². The third-order valence-corrected chi connectivity index (χ3v) is 4.14. The van der Waals surface area contributed by atoms with E-state index in [4.69, 9.17) is 0 Å². The van der Waals surface area contributed by atoms with Crippen LogP contribution in [0, 0.1) is 12.8 Å². The summed E-state index contributed by atoms with van der Waals surface area (Å²) in [6.07, 6.45) is 3.57. The molecule has 1 aliphatic rings. The zero-order valence-corrected chi connectivity index (χ0v) is 10.6. The summed E-state index contributed by atoms with van der Waals surface area (Å²) in [4.78, 5) is 11.7. The van der Waals surface area contributed by atoms with Crippen LogP contribution in [0.25, 0.3) is 0 Å². The molecule has 17 heavy (non-hydrogen) atoms. The number of rotatable bonds is 2. The van der Waals surface area contributed by atoms with Crippen LogP contribution < -0.4 is 0 Å². The van der Waals surface area contributed by atoms with Crippen LogP contribution in [0.5, 0.6) is 0 Å². The predicted octanol–water partition coefficient (Wildman–Crippen LogP) is 3.53. The van der Waals surface area contributed by atoms with E-state index in [0.29, 0.717) is 5.92 Å². The summed E-state index contributed by atoms with van der Waals surface area (Å²) in [5, 5.41) is 9.60. The highest BCUT2D eigenvalue weighted by molar-refractivity contribution is 5.81. The van der Waals surface area contributed by atoms with Crippen LogP contribution in [-0.4, -0.2) is 11.1 Å². The van der Waals surface area contributed by atoms with Gasteiger partial charge in [0.15, 0.2) is 0 Å². The standard InChI is InChI=1S/C15H20O2/c1-11-3-5-13(6-4-11)15(14(16)17)9-7-12(2)8-10-15/h3-6,12H,7-10H2,1-2H3,(H,16,17). The molecule has 2 heteroatoms. The number of aryl methyl sites for hydroxylation is 1. The predicted molar refractivity (Wildman–Crippen MR) is 68.1 cm³/mol. The summed E-state index contributed by atoms with van der Waals surface area (Å²) >= 11 is 0. The number of aliphatic carboxylic acids is 1. The fourth-order valence-electron chi connectivity index (χ4n) is 2.75. The van der Waals surface area contributed by atoms with E-state index in [1.807, 2.05) is 31.2 Å². The van der Waals surface area contributed by atoms with Crippen molar-refractivity contribution in [1.29, 1.82) is 0 Å². The van der Waals surface area contributed by atoms with Crippen LogP contribution in [0.1, 0.15) is 43.7 Å². The minimum Gasteiger partial charge on any atom is -0.481 e. The van der Waals surface area contributed by atoms with Gasteiger partial charge in [-0.2, -0.15) is 0 Å². The summed E-state index contributed by atoms with van der Waals surface area (Å²) in [6, 6.07) is 8.00. The van der Waals surface area contributed by atoms with Crippen molar-refractivity contribution in [1.82, 2.24) is 0 Å². The molecule has 0 radical (unpaired) electrons. The Labute approximate surface area is 103 Å². The van der Waals surface area contributed by atoms with Crippen molar-refractivity contribution < 1.29 is 9.90 Å². The van der Waals surface area contributed by atoms with Crippen molar-refractivity contribution in [2.45, 2.75) is 44.9 Å². The van der Waals surface area contributed by atoms with Crippen LogP contribution in [0.3, 0.4) is 0 Å². The molecule has 1 fully saturated rings. The van der Waals surface area contributed by atoms with Gasteiger partial charge >= 0.3 is 5.97 Å². The third kappa shape index (κ3) is 2.21. The average molecular weight is 232 g/mol. The zero-order valence-electron chi connectivity index (χ0n) is 10.6. The molecular weight excluding hydrogens is 212 g/mol. The Hall–Kier alpha value is -1.31. The molecular formula is C15H20O2. The maximum atomic E-state index is 11.7. The highest BCUT2D eigenvalue weighted by Gasteiger charge is 2.42. The summed E-state index contributed by atoms with van der Waals surface area (Å²) < 4.78 is 0. The van der Waals surface area contributed by atoms with Crippen LogP contribution in [0.2, 0.25) is 0 Å². The molecule has 2 nitrogen and oxygen atoms in total. The van der Waals surface area contributed by atoms with Crippen LogP contribution in [-0.2, 0) is 10.2 Å². The molecule has 0 aliphatic heterocycles. The van der Waals surface area contributed by atoms with Crippen molar-refractivity contribution >= 4 is 5.97 Å². The number of hydrogen-bond donors (Lipinski definition) is 1. The molecule has 0 saturated heterocycles. The van der Waals surface area contributed by atoms with Gasteiger partial charge in [0.2, 0.25) is 0 Å². The molecule has 0 atom stereocenters. The van der Waals surface area contributed by atoms with E-state index in [0.717, 1.165) is 31.2 Å². The minimum atomic E-state index is -0.659. The van der Waals surface area contributed by atoms with Crippen LogP contribution in [0.4, 0.5) is 0 Å². The summed E-state index contributed by atoms with van der Waals surface area (Å²) in [6.45, 7) is 4.24. The fraction of sp³-hybridized carbons (Fsp3) is 0.533. The molecule has 0 spiro atoms. The Morgan fingerprint density at radius 2 is 1.76 bits per heavy atom. The number of benzene rings is 1. The van der Waals surface area contributed by atoms with Gasteiger partial charge in [0, 0.05) is 0 Å². The monoisotopic (exact) mass is 232 g/mol. The quantitative estimate of drug-likeness (QED) is 0.847. The molecule has 0 heterocycles. The van der Waals surface area contributed by atoms with Crippen LogP contribution >= 0.6 is 0 Å². The second kappa shape index (κ2) is 4.52. The Kier molecular flexibility index (Phi) is 3.23. The molecule has 2 rings (SSSR count).